The van der Waals surface area contributed by atoms with Gasteiger partial charge in [0.2, 0.25) is 0 Å². The molecule has 0 saturated carbocycles. The molecule has 1 heterocycles. The number of ether oxygens (including phenoxy) is 2. The molecule has 0 bridgehead atoms. The van der Waals surface area contributed by atoms with Crippen molar-refractivity contribution in [3.8, 4) is 5.75 Å². The van der Waals surface area contributed by atoms with E-state index in [1.165, 1.54) is 6.07 Å². The fourth-order valence-electron chi connectivity index (χ4n) is 3.27. The zero-order valence-corrected chi connectivity index (χ0v) is 18.3. The average Bonchev–Trinajstić information content (AvgIpc) is 3.37. The summed E-state index contributed by atoms with van der Waals surface area (Å²) >= 11 is 0. The van der Waals surface area contributed by atoms with E-state index in [-0.39, 0.29) is 19.0 Å². The van der Waals surface area contributed by atoms with Crippen LogP contribution in [0.2, 0.25) is 0 Å². The predicted octanol–water partition coefficient (Wildman–Crippen LogP) is 4.43. The maximum atomic E-state index is 12.3. The van der Waals surface area contributed by atoms with Crippen LogP contribution in [0.25, 0.3) is 0 Å². The minimum atomic E-state index is -0.582. The van der Waals surface area contributed by atoms with E-state index < -0.39 is 17.9 Å². The molecule has 3 aromatic carbocycles. The predicted molar refractivity (Wildman–Crippen MR) is 126 cm³/mol. The Kier molecular flexibility index (Phi) is 7.71. The van der Waals surface area contributed by atoms with Crippen LogP contribution in [0.3, 0.4) is 0 Å². The van der Waals surface area contributed by atoms with Crippen molar-refractivity contribution in [1.82, 2.24) is 10.9 Å². The van der Waals surface area contributed by atoms with Crippen LogP contribution in [0.4, 0.5) is 0 Å². The monoisotopic (exact) mass is 456 g/mol. The molecule has 0 spiro atoms. The van der Waals surface area contributed by atoms with Gasteiger partial charge in [-0.2, -0.15) is 0 Å². The summed E-state index contributed by atoms with van der Waals surface area (Å²) in [7, 11) is 0. The van der Waals surface area contributed by atoms with Gasteiger partial charge >= 0.3 is 5.91 Å². The number of nitrogens with one attached hydrogen (secondary N) is 2. The second kappa shape index (κ2) is 11.5. The Bertz CT molecular complexity index is 1150. The number of carbonyl (C=O) groups excluding carboxylic acids is 2. The largest absolute Gasteiger partial charge is 0.486 e. The fraction of sp³-hybridized carbons (Fsp3) is 0.111. The first kappa shape index (κ1) is 22.8. The van der Waals surface area contributed by atoms with Crippen LogP contribution in [0, 0.1) is 0 Å². The summed E-state index contributed by atoms with van der Waals surface area (Å²) < 4.78 is 17.0. The van der Waals surface area contributed by atoms with Gasteiger partial charge in [-0.25, -0.2) is 0 Å². The minimum absolute atomic E-state index is 0.0549. The van der Waals surface area contributed by atoms with Crippen LogP contribution < -0.4 is 15.6 Å². The summed E-state index contributed by atoms with van der Waals surface area (Å²) in [6, 6.07) is 31.7. The molecule has 2 N–H and O–H groups in total. The van der Waals surface area contributed by atoms with Gasteiger partial charge in [-0.1, -0.05) is 78.9 Å². The number of furan rings is 1. The molecule has 0 fully saturated rings. The van der Waals surface area contributed by atoms with Crippen LogP contribution in [0.5, 0.6) is 5.75 Å². The number of hydrogen-bond donors (Lipinski definition) is 2. The van der Waals surface area contributed by atoms with E-state index in [1.807, 2.05) is 91.0 Å². The first-order chi connectivity index (χ1) is 16.7. The van der Waals surface area contributed by atoms with Crippen molar-refractivity contribution in [2.45, 2.75) is 12.7 Å². The van der Waals surface area contributed by atoms with Gasteiger partial charge in [-0.3, -0.25) is 20.4 Å². The van der Waals surface area contributed by atoms with Gasteiger partial charge in [0.25, 0.3) is 5.91 Å². The van der Waals surface area contributed by atoms with Crippen molar-refractivity contribution in [2.24, 2.45) is 0 Å². The number of rotatable bonds is 9. The number of benzene rings is 3. The number of para-hydroxylation sites is 1. The van der Waals surface area contributed by atoms with Gasteiger partial charge in [-0.05, 0) is 35.4 Å². The molecule has 7 heteroatoms. The Labute approximate surface area is 197 Å². The van der Waals surface area contributed by atoms with Crippen LogP contribution in [0.1, 0.15) is 33.5 Å². The molecule has 7 nitrogen and oxygen atoms in total. The zero-order valence-electron chi connectivity index (χ0n) is 18.3. The maximum absolute atomic E-state index is 12.3. The molecule has 0 atom stereocenters. The topological polar surface area (TPSA) is 89.8 Å². The van der Waals surface area contributed by atoms with Crippen LogP contribution in [-0.2, 0) is 16.1 Å². The number of hydrazine groups is 1. The number of carbonyl (C=O) groups is 2. The highest BCUT2D eigenvalue weighted by atomic mass is 16.5. The molecule has 4 aromatic rings. The lowest BCUT2D eigenvalue weighted by molar-refractivity contribution is -0.127. The van der Waals surface area contributed by atoms with Crippen molar-refractivity contribution in [1.29, 1.82) is 0 Å². The van der Waals surface area contributed by atoms with Crippen molar-refractivity contribution in [3.05, 3.63) is 126 Å². The van der Waals surface area contributed by atoms with E-state index in [9.17, 15) is 9.59 Å². The molecule has 172 valence electrons. The molecule has 0 unspecified atom stereocenters. The normalized spacial score (nSPS) is 10.6. The summed E-state index contributed by atoms with van der Waals surface area (Å²) in [5.74, 6) is 0.157. The van der Waals surface area contributed by atoms with E-state index in [0.29, 0.717) is 11.5 Å². The molecule has 4 rings (SSSR count). The van der Waals surface area contributed by atoms with Gasteiger partial charge in [0, 0.05) is 0 Å². The van der Waals surface area contributed by atoms with Crippen molar-refractivity contribution >= 4 is 11.8 Å². The highest BCUT2D eigenvalue weighted by Gasteiger charge is 2.17. The summed E-state index contributed by atoms with van der Waals surface area (Å²) in [6.07, 6.45) is -0.416. The smallest absolute Gasteiger partial charge is 0.305 e. The molecule has 0 aliphatic carbocycles. The van der Waals surface area contributed by atoms with Crippen molar-refractivity contribution in [3.63, 3.8) is 0 Å². The van der Waals surface area contributed by atoms with Gasteiger partial charge in [0.05, 0.1) is 0 Å². The third-order valence-corrected chi connectivity index (χ3v) is 4.91. The number of hydrogen-bond acceptors (Lipinski definition) is 5. The molecule has 1 aromatic heterocycles. The summed E-state index contributed by atoms with van der Waals surface area (Å²) in [5.41, 5.74) is 6.53. The third kappa shape index (κ3) is 6.34. The van der Waals surface area contributed by atoms with Gasteiger partial charge < -0.3 is 13.9 Å². The summed E-state index contributed by atoms with van der Waals surface area (Å²) in [6.45, 7) is -0.0685. The minimum Gasteiger partial charge on any atom is -0.486 e. The molecule has 0 radical (unpaired) electrons. The third-order valence-electron chi connectivity index (χ3n) is 4.91. The first-order valence-electron chi connectivity index (χ1n) is 10.8. The Hall–Kier alpha value is -4.36. The Morgan fingerprint density at radius 3 is 1.94 bits per heavy atom. The summed E-state index contributed by atoms with van der Waals surface area (Å²) in [4.78, 5) is 24.6. The average molecular weight is 456 g/mol. The van der Waals surface area contributed by atoms with E-state index >= 15 is 0 Å². The van der Waals surface area contributed by atoms with Crippen molar-refractivity contribution in [2.75, 3.05) is 6.61 Å². The zero-order chi connectivity index (χ0) is 23.6. The lowest BCUT2D eigenvalue weighted by Gasteiger charge is -2.18. The second-order valence-corrected chi connectivity index (χ2v) is 7.38. The SMILES string of the molecule is O=C(COC(c1ccccc1)c1ccccc1)NNC(=O)c1ccc(COc2ccccc2)o1. The lowest BCUT2D eigenvalue weighted by atomic mass is 10.0. The highest BCUT2D eigenvalue weighted by molar-refractivity contribution is 5.93. The molecule has 0 aliphatic rings. The Morgan fingerprint density at radius 1 is 0.735 bits per heavy atom. The standard InChI is InChI=1S/C27H24N2O5/c30-25(19-33-26(20-10-4-1-5-11-20)21-12-6-2-7-13-21)28-29-27(31)24-17-16-23(34-24)18-32-22-14-8-3-9-15-22/h1-17,26H,18-19H2,(H,28,30)(H,29,31). The van der Waals surface area contributed by atoms with Gasteiger partial charge in [0.15, 0.2) is 5.76 Å². The molecule has 2 amide bonds. The second-order valence-electron chi connectivity index (χ2n) is 7.38. The van der Waals surface area contributed by atoms with Crippen LogP contribution >= 0.6 is 0 Å². The fourth-order valence-corrected chi connectivity index (χ4v) is 3.27. The van der Waals surface area contributed by atoms with E-state index in [4.69, 9.17) is 13.9 Å². The maximum Gasteiger partial charge on any atom is 0.305 e. The Balaban J connectivity index is 1.27. The van der Waals surface area contributed by atoms with E-state index in [1.54, 1.807) is 6.07 Å². The van der Waals surface area contributed by atoms with Crippen LogP contribution in [0.15, 0.2) is 108 Å². The van der Waals surface area contributed by atoms with Crippen LogP contribution in [-0.4, -0.2) is 18.4 Å². The van der Waals surface area contributed by atoms with Crippen molar-refractivity contribution < 1.29 is 23.5 Å². The molecule has 0 saturated heterocycles. The lowest BCUT2D eigenvalue weighted by Crippen LogP contribution is -2.43. The quantitative estimate of drug-likeness (QED) is 0.364. The molecular weight excluding hydrogens is 432 g/mol. The molecular formula is C27H24N2O5. The molecule has 34 heavy (non-hydrogen) atoms. The van der Waals surface area contributed by atoms with E-state index in [2.05, 4.69) is 10.9 Å². The number of amides is 2. The molecule has 0 aliphatic heterocycles. The van der Waals surface area contributed by atoms with Gasteiger partial charge in [-0.15, -0.1) is 0 Å². The Morgan fingerprint density at radius 2 is 1.32 bits per heavy atom. The van der Waals surface area contributed by atoms with Gasteiger partial charge in [0.1, 0.15) is 30.8 Å². The summed E-state index contributed by atoms with van der Waals surface area (Å²) in [5, 5.41) is 0. The highest BCUT2D eigenvalue weighted by Crippen LogP contribution is 2.25. The van der Waals surface area contributed by atoms with E-state index in [0.717, 1.165) is 11.1 Å². The first-order valence-corrected chi connectivity index (χ1v) is 10.8.